The fourth-order valence-corrected chi connectivity index (χ4v) is 4.77. The Bertz CT molecular complexity index is 586. The highest BCUT2D eigenvalue weighted by Crippen LogP contribution is 2.37. The van der Waals surface area contributed by atoms with E-state index in [4.69, 9.17) is 0 Å². The number of nitrogens with zero attached hydrogens (tertiary/aromatic N) is 2. The quantitative estimate of drug-likeness (QED) is 0.887. The molecule has 0 radical (unpaired) electrons. The zero-order valence-electron chi connectivity index (χ0n) is 12.9. The summed E-state index contributed by atoms with van der Waals surface area (Å²) in [5.41, 5.74) is 0. The van der Waals surface area contributed by atoms with E-state index >= 15 is 0 Å². The van der Waals surface area contributed by atoms with Gasteiger partial charge in [-0.1, -0.05) is 18.9 Å². The van der Waals surface area contributed by atoms with Gasteiger partial charge in [-0.3, -0.25) is 0 Å². The molecule has 3 heterocycles. The molecule has 0 saturated heterocycles. The van der Waals surface area contributed by atoms with Gasteiger partial charge in [-0.15, -0.1) is 11.3 Å². The fourth-order valence-electron chi connectivity index (χ4n) is 3.88. The minimum Gasteiger partial charge on any atom is -0.370 e. The van der Waals surface area contributed by atoms with Crippen LogP contribution in [0.4, 0.5) is 5.82 Å². The number of nitrogens with one attached hydrogen (secondary N) is 2. The van der Waals surface area contributed by atoms with Crippen LogP contribution in [0.3, 0.4) is 0 Å². The van der Waals surface area contributed by atoms with Crippen molar-refractivity contribution in [2.75, 3.05) is 18.4 Å². The number of aromatic nitrogens is 2. The highest BCUT2D eigenvalue weighted by Gasteiger charge is 2.28. The Kier molecular flexibility index (Phi) is 4.17. The number of rotatable bonds is 5. The molecule has 0 bridgehead atoms. The lowest BCUT2D eigenvalue weighted by molar-refractivity contribution is 0.321. The van der Waals surface area contributed by atoms with Crippen molar-refractivity contribution in [3.63, 3.8) is 0 Å². The number of anilines is 1. The summed E-state index contributed by atoms with van der Waals surface area (Å²) in [5, 5.41) is 14.0. The van der Waals surface area contributed by atoms with Gasteiger partial charge in [0.05, 0.1) is 6.20 Å². The molecule has 2 aromatic rings. The first-order valence-corrected chi connectivity index (χ1v) is 9.30. The van der Waals surface area contributed by atoms with Crippen molar-refractivity contribution in [3.8, 4) is 0 Å². The molecule has 5 heteroatoms. The van der Waals surface area contributed by atoms with Gasteiger partial charge in [0.25, 0.3) is 0 Å². The van der Waals surface area contributed by atoms with Crippen LogP contribution in [0.2, 0.25) is 0 Å². The molecule has 1 fully saturated rings. The maximum absolute atomic E-state index is 4.39. The zero-order valence-corrected chi connectivity index (χ0v) is 13.7. The molecule has 2 atom stereocenters. The third kappa shape index (κ3) is 2.92. The van der Waals surface area contributed by atoms with Gasteiger partial charge < -0.3 is 10.6 Å². The minimum absolute atomic E-state index is 0.543. The molecule has 0 unspecified atom stereocenters. The van der Waals surface area contributed by atoms with Crippen LogP contribution in [0.5, 0.6) is 0 Å². The van der Waals surface area contributed by atoms with Crippen molar-refractivity contribution in [2.45, 2.75) is 38.3 Å². The normalized spacial score (nSPS) is 23.2. The monoisotopic (exact) mass is 316 g/mol. The van der Waals surface area contributed by atoms with Crippen molar-refractivity contribution < 1.29 is 0 Å². The molecule has 4 rings (SSSR count). The molecule has 118 valence electrons. The molecule has 1 aliphatic heterocycles. The average Bonchev–Trinajstić information content (AvgIpc) is 3.30. The summed E-state index contributed by atoms with van der Waals surface area (Å²) in [6.07, 6.45) is 7.43. The lowest BCUT2D eigenvalue weighted by atomic mass is 9.96. The lowest BCUT2D eigenvalue weighted by Crippen LogP contribution is -2.38. The summed E-state index contributed by atoms with van der Waals surface area (Å²) in [6, 6.07) is 7.07. The standard InChI is InChI=1S/C17H24N4S/c1-2-5-14(4-1)17(15-6-3-9-22-15)19-11-13-10-18-16-7-8-20-21(16)12-13/h3,6-9,13-14,17-19H,1-2,4-5,10-12H2/t13-,17+/m1/s1. The summed E-state index contributed by atoms with van der Waals surface area (Å²) in [4.78, 5) is 1.51. The van der Waals surface area contributed by atoms with Gasteiger partial charge >= 0.3 is 0 Å². The van der Waals surface area contributed by atoms with Crippen LogP contribution in [-0.2, 0) is 6.54 Å². The van der Waals surface area contributed by atoms with E-state index in [2.05, 4.69) is 44.0 Å². The van der Waals surface area contributed by atoms with Gasteiger partial charge in [0.2, 0.25) is 0 Å². The van der Waals surface area contributed by atoms with Gasteiger partial charge in [0.15, 0.2) is 0 Å². The average molecular weight is 316 g/mol. The Morgan fingerprint density at radius 3 is 3.09 bits per heavy atom. The lowest BCUT2D eigenvalue weighted by Gasteiger charge is -2.29. The van der Waals surface area contributed by atoms with Crippen LogP contribution in [0, 0.1) is 11.8 Å². The van der Waals surface area contributed by atoms with E-state index in [0.717, 1.165) is 31.4 Å². The number of hydrogen-bond acceptors (Lipinski definition) is 4. The summed E-state index contributed by atoms with van der Waals surface area (Å²) in [7, 11) is 0. The Balaban J connectivity index is 1.40. The predicted octanol–water partition coefficient (Wildman–Crippen LogP) is 3.51. The van der Waals surface area contributed by atoms with Crippen LogP contribution in [0.25, 0.3) is 0 Å². The minimum atomic E-state index is 0.543. The second-order valence-corrected chi connectivity index (χ2v) is 7.57. The van der Waals surface area contributed by atoms with Crippen LogP contribution >= 0.6 is 11.3 Å². The SMILES string of the molecule is c1csc([C@@H](NC[C@H]2CNc3ccnn3C2)C2CCCC2)c1. The van der Waals surface area contributed by atoms with E-state index < -0.39 is 0 Å². The molecule has 1 saturated carbocycles. The maximum Gasteiger partial charge on any atom is 0.124 e. The molecule has 0 spiro atoms. The van der Waals surface area contributed by atoms with Gasteiger partial charge in [0.1, 0.15) is 5.82 Å². The summed E-state index contributed by atoms with van der Waals surface area (Å²) >= 11 is 1.90. The third-order valence-corrected chi connectivity index (χ3v) is 6.02. The van der Waals surface area contributed by atoms with E-state index in [9.17, 15) is 0 Å². The van der Waals surface area contributed by atoms with Gasteiger partial charge in [-0.05, 0) is 30.2 Å². The van der Waals surface area contributed by atoms with Gasteiger partial charge in [-0.25, -0.2) is 4.68 Å². The first-order chi connectivity index (χ1) is 10.9. The Morgan fingerprint density at radius 2 is 2.27 bits per heavy atom. The topological polar surface area (TPSA) is 41.9 Å². The smallest absolute Gasteiger partial charge is 0.124 e. The zero-order chi connectivity index (χ0) is 14.8. The maximum atomic E-state index is 4.39. The Labute approximate surface area is 135 Å². The second-order valence-electron chi connectivity index (χ2n) is 6.59. The largest absolute Gasteiger partial charge is 0.370 e. The second kappa shape index (κ2) is 6.42. The first-order valence-electron chi connectivity index (χ1n) is 8.42. The van der Waals surface area contributed by atoms with E-state index in [0.29, 0.717) is 12.0 Å². The van der Waals surface area contributed by atoms with Crippen LogP contribution in [0.1, 0.15) is 36.6 Å². The van der Waals surface area contributed by atoms with Gasteiger partial charge in [0, 0.05) is 42.5 Å². The van der Waals surface area contributed by atoms with Crippen LogP contribution < -0.4 is 10.6 Å². The number of fused-ring (bicyclic) bond motifs is 1. The Morgan fingerprint density at radius 1 is 1.36 bits per heavy atom. The van der Waals surface area contributed by atoms with Crippen molar-refractivity contribution >= 4 is 17.2 Å². The molecule has 0 amide bonds. The van der Waals surface area contributed by atoms with Crippen molar-refractivity contribution in [2.24, 2.45) is 11.8 Å². The molecule has 22 heavy (non-hydrogen) atoms. The highest BCUT2D eigenvalue weighted by atomic mass is 32.1. The van der Waals surface area contributed by atoms with Gasteiger partial charge in [-0.2, -0.15) is 5.10 Å². The van der Waals surface area contributed by atoms with Crippen LogP contribution in [0.15, 0.2) is 29.8 Å². The molecule has 0 aromatic carbocycles. The summed E-state index contributed by atoms with van der Waals surface area (Å²) in [5.74, 6) is 2.58. The number of thiophene rings is 1. The van der Waals surface area contributed by atoms with Crippen molar-refractivity contribution in [1.29, 1.82) is 0 Å². The molecule has 4 nitrogen and oxygen atoms in total. The van der Waals surface area contributed by atoms with Crippen molar-refractivity contribution in [3.05, 3.63) is 34.7 Å². The summed E-state index contributed by atoms with van der Waals surface area (Å²) < 4.78 is 2.09. The Hall–Kier alpha value is -1.33. The fraction of sp³-hybridized carbons (Fsp3) is 0.588. The highest BCUT2D eigenvalue weighted by molar-refractivity contribution is 7.10. The molecular weight excluding hydrogens is 292 g/mol. The number of hydrogen-bond donors (Lipinski definition) is 2. The van der Waals surface area contributed by atoms with Crippen molar-refractivity contribution in [1.82, 2.24) is 15.1 Å². The van der Waals surface area contributed by atoms with E-state index in [1.165, 1.54) is 30.6 Å². The molecule has 1 aliphatic carbocycles. The molecule has 2 N–H and O–H groups in total. The summed E-state index contributed by atoms with van der Waals surface area (Å²) in [6.45, 7) is 3.12. The van der Waals surface area contributed by atoms with E-state index in [1.54, 1.807) is 0 Å². The molecule has 2 aliphatic rings. The molecular formula is C17H24N4S. The predicted molar refractivity (Wildman–Crippen MR) is 91.2 cm³/mol. The van der Waals surface area contributed by atoms with E-state index in [1.807, 2.05) is 17.5 Å². The molecule has 2 aromatic heterocycles. The van der Waals surface area contributed by atoms with Crippen LogP contribution in [-0.4, -0.2) is 22.9 Å². The van der Waals surface area contributed by atoms with E-state index in [-0.39, 0.29) is 0 Å². The first kappa shape index (κ1) is 14.3. The third-order valence-electron chi connectivity index (χ3n) is 5.07.